The van der Waals surface area contributed by atoms with Crippen LogP contribution in [0.1, 0.15) is 28.7 Å². The second-order valence-electron chi connectivity index (χ2n) is 10.5. The minimum atomic E-state index is -1.40. The topological polar surface area (TPSA) is 0 Å². The molecule has 6 rings (SSSR count). The molecule has 0 saturated carbocycles. The van der Waals surface area contributed by atoms with Crippen molar-refractivity contribution in [3.8, 4) is 0 Å². The summed E-state index contributed by atoms with van der Waals surface area (Å²) in [6.45, 7) is 7.32. The summed E-state index contributed by atoms with van der Waals surface area (Å²) in [6, 6.07) is 35.0. The molecule has 0 heterocycles. The molecule has 0 bridgehead atoms. The number of hydrogen-bond acceptors (Lipinski definition) is 0. The first kappa shape index (κ1) is 24.9. The van der Waals surface area contributed by atoms with Gasteiger partial charge in [0.2, 0.25) is 0 Å². The molecule has 0 amide bonds. The number of allylic oxidation sites excluding steroid dienone is 4. The van der Waals surface area contributed by atoms with Crippen LogP contribution in [-0.4, -0.2) is 8.07 Å². The summed E-state index contributed by atoms with van der Waals surface area (Å²) in [5.74, 6) is 0. The van der Waals surface area contributed by atoms with Gasteiger partial charge in [-0.15, -0.1) is 33.4 Å². The van der Waals surface area contributed by atoms with E-state index < -0.39 is 8.07 Å². The van der Waals surface area contributed by atoms with E-state index in [1.54, 1.807) is 5.20 Å². The molecule has 174 valence electrons. The number of fused-ring (bicyclic) bond motifs is 2. The zero-order chi connectivity index (χ0) is 24.0. The van der Waals surface area contributed by atoms with Crippen molar-refractivity contribution in [2.45, 2.75) is 26.1 Å². The maximum absolute atomic E-state index is 3.81. The smallest absolute Gasteiger partial charge is 0.0771 e. The molecule has 0 aliphatic heterocycles. The van der Waals surface area contributed by atoms with Gasteiger partial charge in [-0.3, -0.25) is 0 Å². The molecule has 0 atom stereocenters. The molecular weight excluding hydrogens is 528 g/mol. The molecule has 0 nitrogen and oxygen atoms in total. The molecule has 0 spiro atoms. The number of benzene rings is 4. The normalized spacial score (nSPS) is 13.6. The van der Waals surface area contributed by atoms with Crippen molar-refractivity contribution < 1.29 is 26.2 Å². The van der Waals surface area contributed by atoms with E-state index in [9.17, 15) is 0 Å². The maximum Gasteiger partial charge on any atom is 0.0771 e. The van der Waals surface area contributed by atoms with Crippen LogP contribution in [0.15, 0.2) is 114 Å². The van der Waals surface area contributed by atoms with Crippen molar-refractivity contribution in [1.29, 1.82) is 0 Å². The average molecular weight is 557 g/mol. The Bertz CT molecular complexity index is 1680. The van der Waals surface area contributed by atoms with Gasteiger partial charge < -0.3 is 0 Å². The molecule has 0 aromatic heterocycles. The zero-order valence-electron chi connectivity index (χ0n) is 21.1. The zero-order valence-corrected chi connectivity index (χ0v) is 24.6. The van der Waals surface area contributed by atoms with Gasteiger partial charge in [0.25, 0.3) is 0 Å². The van der Waals surface area contributed by atoms with Crippen molar-refractivity contribution >= 4 is 25.3 Å². The van der Waals surface area contributed by atoms with E-state index in [0.29, 0.717) is 0 Å². The summed E-state index contributed by atoms with van der Waals surface area (Å²) in [5.41, 5.74) is 7.76. The third kappa shape index (κ3) is 4.42. The minimum Gasteiger partial charge on any atom is -0.123 e. The van der Waals surface area contributed by atoms with Gasteiger partial charge in [-0.25, -0.2) is 0 Å². The minimum absolute atomic E-state index is 0. The molecule has 0 radical (unpaired) electrons. The molecular formula is C34H29SiZr-. The van der Waals surface area contributed by atoms with Gasteiger partial charge in [-0.05, 0) is 28.3 Å². The van der Waals surface area contributed by atoms with E-state index >= 15 is 0 Å². The first-order valence-electron chi connectivity index (χ1n) is 12.4. The summed E-state index contributed by atoms with van der Waals surface area (Å²) in [5, 5.41) is 6.61. The largest absolute Gasteiger partial charge is 0.123 e. The molecule has 2 heteroatoms. The Kier molecular flexibility index (Phi) is 6.86. The van der Waals surface area contributed by atoms with Crippen LogP contribution in [0.25, 0.3) is 17.2 Å². The fourth-order valence-corrected chi connectivity index (χ4v) is 6.69. The van der Waals surface area contributed by atoms with Crippen LogP contribution in [0.3, 0.4) is 0 Å². The van der Waals surface area contributed by atoms with Crippen LogP contribution in [0.2, 0.25) is 19.6 Å². The third-order valence-electron chi connectivity index (χ3n) is 7.14. The standard InChI is InChI=1S/C34H29Si.Zr/c1-35(2,3)28-19-18-27(22-28)34-31(21-20-30-29-17-11-10-16-26(29)23-32(30)34)33(24-12-6-4-7-13-24)25-14-8-5-9-15-25;/h4-17,19-22H,18H2,1-3H3;/q-1;. The van der Waals surface area contributed by atoms with Crippen molar-refractivity contribution in [2.24, 2.45) is 0 Å². The fraction of sp³-hybridized carbons (Fsp3) is 0.118. The first-order chi connectivity index (χ1) is 17.0. The molecule has 4 aromatic carbocycles. The van der Waals surface area contributed by atoms with E-state index in [4.69, 9.17) is 0 Å². The molecule has 0 fully saturated rings. The van der Waals surface area contributed by atoms with Gasteiger partial charge in [0.05, 0.1) is 8.07 Å². The summed E-state index contributed by atoms with van der Waals surface area (Å²) < 4.78 is 0. The number of rotatable bonds is 4. The van der Waals surface area contributed by atoms with Crippen LogP contribution in [0, 0.1) is 10.4 Å². The van der Waals surface area contributed by atoms with Crippen molar-refractivity contribution in [2.75, 3.05) is 0 Å². The van der Waals surface area contributed by atoms with Crippen LogP contribution >= 0.6 is 0 Å². The molecule has 2 aliphatic carbocycles. The molecule has 4 aromatic rings. The average Bonchev–Trinajstić information content (AvgIpc) is 3.51. The Labute approximate surface area is 233 Å². The van der Waals surface area contributed by atoms with Crippen LogP contribution < -0.4 is 10.4 Å². The Balaban J connectivity index is 0.00000267. The van der Waals surface area contributed by atoms with Gasteiger partial charge >= 0.3 is 0 Å². The molecule has 0 unspecified atom stereocenters. The van der Waals surface area contributed by atoms with Crippen molar-refractivity contribution in [1.82, 2.24) is 0 Å². The maximum atomic E-state index is 3.81. The quantitative estimate of drug-likeness (QED) is 0.168. The molecule has 2 aliphatic rings. The molecule has 36 heavy (non-hydrogen) atoms. The van der Waals surface area contributed by atoms with E-state index in [0.717, 1.165) is 6.42 Å². The van der Waals surface area contributed by atoms with Gasteiger partial charge in [0.1, 0.15) is 0 Å². The van der Waals surface area contributed by atoms with Crippen molar-refractivity contribution in [3.05, 3.63) is 158 Å². The molecule has 0 saturated heterocycles. The Morgan fingerprint density at radius 2 is 1.31 bits per heavy atom. The Hall–Kier alpha value is -2.80. The van der Waals surface area contributed by atoms with Gasteiger partial charge in [-0.1, -0.05) is 139 Å². The van der Waals surface area contributed by atoms with Crippen LogP contribution in [0.4, 0.5) is 0 Å². The second kappa shape index (κ2) is 9.92. The van der Waals surface area contributed by atoms with Crippen LogP contribution in [-0.2, 0) is 26.2 Å². The summed E-state index contributed by atoms with van der Waals surface area (Å²) in [6.07, 6.45) is 9.75. The van der Waals surface area contributed by atoms with E-state index in [2.05, 4.69) is 135 Å². The van der Waals surface area contributed by atoms with E-state index in [1.165, 1.54) is 54.3 Å². The van der Waals surface area contributed by atoms with Gasteiger partial charge in [-0.2, -0.15) is 0 Å². The predicted molar refractivity (Wildman–Crippen MR) is 151 cm³/mol. The molecule has 0 N–H and O–H groups in total. The Morgan fingerprint density at radius 1 is 0.694 bits per heavy atom. The fourth-order valence-electron chi connectivity index (χ4n) is 5.37. The third-order valence-corrected chi connectivity index (χ3v) is 9.22. The number of hydrogen-bond donors (Lipinski definition) is 0. The first-order valence-corrected chi connectivity index (χ1v) is 15.9. The summed E-state index contributed by atoms with van der Waals surface area (Å²) in [4.78, 5) is 0. The van der Waals surface area contributed by atoms with Crippen molar-refractivity contribution in [3.63, 3.8) is 0 Å². The summed E-state index contributed by atoms with van der Waals surface area (Å²) in [7, 11) is -1.40. The van der Waals surface area contributed by atoms with Gasteiger partial charge in [0.15, 0.2) is 0 Å². The van der Waals surface area contributed by atoms with E-state index in [1.807, 2.05) is 0 Å². The monoisotopic (exact) mass is 555 g/mol. The van der Waals surface area contributed by atoms with Crippen LogP contribution in [0.5, 0.6) is 0 Å². The SMILES string of the molecule is C[Si](C)(C)C1=CCC(c2c3c(ccc2=C(c2ccccc2)c2ccccc2)=c2ccccc2=[C-]3)=C1.[Zr]. The summed E-state index contributed by atoms with van der Waals surface area (Å²) >= 11 is 0. The van der Waals surface area contributed by atoms with Gasteiger partial charge in [0, 0.05) is 26.2 Å². The Morgan fingerprint density at radius 3 is 1.92 bits per heavy atom. The second-order valence-corrected chi connectivity index (χ2v) is 15.5. The van der Waals surface area contributed by atoms with E-state index in [-0.39, 0.29) is 26.2 Å². The predicted octanol–water partition coefficient (Wildman–Crippen LogP) is 6.83.